The first-order chi connectivity index (χ1) is 12.1. The van der Waals surface area contributed by atoms with Gasteiger partial charge in [0.2, 0.25) is 5.91 Å². The fourth-order valence-corrected chi connectivity index (χ4v) is 2.23. The number of carbonyl (C=O) groups excluding carboxylic acids is 1. The lowest BCUT2D eigenvalue weighted by Crippen LogP contribution is -2.19. The molecule has 1 heterocycles. The van der Waals surface area contributed by atoms with Gasteiger partial charge in [0.25, 0.3) is 0 Å². The van der Waals surface area contributed by atoms with Crippen LogP contribution in [0.2, 0.25) is 0 Å². The van der Waals surface area contributed by atoms with E-state index in [-0.39, 0.29) is 24.9 Å². The number of ether oxygens (including phenoxy) is 1. The van der Waals surface area contributed by atoms with Crippen LogP contribution in [-0.2, 0) is 17.9 Å². The third-order valence-electron chi connectivity index (χ3n) is 3.40. The lowest BCUT2D eigenvalue weighted by Gasteiger charge is -2.05. The second-order valence-electron chi connectivity index (χ2n) is 5.57. The molecule has 0 spiro atoms. The average Bonchev–Trinajstić information content (AvgIpc) is 3.02. The van der Waals surface area contributed by atoms with E-state index in [0.717, 1.165) is 11.3 Å². The molecule has 0 saturated carbocycles. The van der Waals surface area contributed by atoms with Crippen LogP contribution in [0.3, 0.4) is 0 Å². The number of carbonyl (C=O) groups is 1. The largest absolute Gasteiger partial charge is 0.487 e. The van der Waals surface area contributed by atoms with Gasteiger partial charge in [0.1, 0.15) is 30.4 Å². The highest BCUT2D eigenvalue weighted by Crippen LogP contribution is 2.14. The maximum atomic E-state index is 12.8. The van der Waals surface area contributed by atoms with Gasteiger partial charge in [-0.2, -0.15) is 0 Å². The third-order valence-corrected chi connectivity index (χ3v) is 3.40. The van der Waals surface area contributed by atoms with Crippen LogP contribution in [0.1, 0.15) is 11.3 Å². The zero-order valence-corrected chi connectivity index (χ0v) is 13.6. The van der Waals surface area contributed by atoms with Crippen molar-refractivity contribution in [2.24, 2.45) is 0 Å². The molecule has 1 aromatic heterocycles. The number of nitrogens with one attached hydrogen (secondary N) is 1. The summed E-state index contributed by atoms with van der Waals surface area (Å²) in [5, 5.41) is 10.6. The summed E-state index contributed by atoms with van der Waals surface area (Å²) in [6.07, 6.45) is 1.65. The van der Waals surface area contributed by atoms with Crippen molar-refractivity contribution >= 4 is 11.6 Å². The predicted octanol–water partition coefficient (Wildman–Crippen LogP) is 2.94. The average molecular weight is 340 g/mol. The Kier molecular flexibility index (Phi) is 5.03. The van der Waals surface area contributed by atoms with Crippen molar-refractivity contribution in [3.8, 4) is 5.75 Å². The molecule has 3 rings (SSSR count). The highest BCUT2D eigenvalue weighted by atomic mass is 19.1. The minimum atomic E-state index is -0.354. The van der Waals surface area contributed by atoms with Gasteiger partial charge in [-0.05, 0) is 48.9 Å². The Labute approximate surface area is 144 Å². The Morgan fingerprint density at radius 1 is 1.24 bits per heavy atom. The predicted molar refractivity (Wildman–Crippen MR) is 90.6 cm³/mol. The highest BCUT2D eigenvalue weighted by Gasteiger charge is 2.07. The van der Waals surface area contributed by atoms with Crippen molar-refractivity contribution in [1.82, 2.24) is 15.0 Å². The van der Waals surface area contributed by atoms with Crippen molar-refractivity contribution in [1.29, 1.82) is 0 Å². The first kappa shape index (κ1) is 16.6. The quantitative estimate of drug-likeness (QED) is 0.749. The van der Waals surface area contributed by atoms with Crippen LogP contribution < -0.4 is 10.1 Å². The SMILES string of the molecule is Cc1cccc(OCc2cn(CC(=O)Nc3ccc(F)cc3)nn2)c1. The normalized spacial score (nSPS) is 10.5. The number of anilines is 1. The summed E-state index contributed by atoms with van der Waals surface area (Å²) in [7, 11) is 0. The van der Waals surface area contributed by atoms with E-state index in [4.69, 9.17) is 4.74 Å². The molecular weight excluding hydrogens is 323 g/mol. The maximum Gasteiger partial charge on any atom is 0.246 e. The zero-order valence-electron chi connectivity index (χ0n) is 13.6. The number of nitrogens with zero attached hydrogens (tertiary/aromatic N) is 3. The number of hydrogen-bond acceptors (Lipinski definition) is 4. The van der Waals surface area contributed by atoms with Crippen molar-refractivity contribution < 1.29 is 13.9 Å². The maximum absolute atomic E-state index is 12.8. The van der Waals surface area contributed by atoms with Gasteiger partial charge in [0.15, 0.2) is 0 Å². The number of amides is 1. The van der Waals surface area contributed by atoms with Crippen molar-refractivity contribution in [2.75, 3.05) is 5.32 Å². The molecule has 7 heteroatoms. The molecule has 3 aromatic rings. The van der Waals surface area contributed by atoms with Gasteiger partial charge >= 0.3 is 0 Å². The summed E-state index contributed by atoms with van der Waals surface area (Å²) >= 11 is 0. The Bertz CT molecular complexity index is 862. The van der Waals surface area contributed by atoms with Gasteiger partial charge in [-0.15, -0.1) is 5.10 Å². The summed E-state index contributed by atoms with van der Waals surface area (Å²) in [4.78, 5) is 12.0. The van der Waals surface area contributed by atoms with Crippen molar-refractivity contribution in [3.63, 3.8) is 0 Å². The fourth-order valence-electron chi connectivity index (χ4n) is 2.23. The van der Waals surface area contributed by atoms with Crippen LogP contribution in [0.25, 0.3) is 0 Å². The molecule has 0 aliphatic carbocycles. The standard InChI is InChI=1S/C18H17FN4O2/c1-13-3-2-4-17(9-13)25-12-16-10-23(22-21-16)11-18(24)20-15-7-5-14(19)6-8-15/h2-10H,11-12H2,1H3,(H,20,24). The molecule has 0 saturated heterocycles. The molecule has 0 unspecified atom stereocenters. The molecule has 0 aliphatic heterocycles. The highest BCUT2D eigenvalue weighted by molar-refractivity contribution is 5.90. The molecule has 1 amide bonds. The van der Waals surface area contributed by atoms with Gasteiger partial charge in [-0.1, -0.05) is 17.3 Å². The van der Waals surface area contributed by atoms with E-state index >= 15 is 0 Å². The van der Waals surface area contributed by atoms with E-state index in [1.165, 1.54) is 28.9 Å². The van der Waals surface area contributed by atoms with Gasteiger partial charge in [-0.3, -0.25) is 4.79 Å². The van der Waals surface area contributed by atoms with Crippen LogP contribution in [0, 0.1) is 12.7 Å². The smallest absolute Gasteiger partial charge is 0.246 e. The topological polar surface area (TPSA) is 69.0 Å². The van der Waals surface area contributed by atoms with E-state index in [1.807, 2.05) is 31.2 Å². The molecule has 0 atom stereocenters. The second kappa shape index (κ2) is 7.57. The van der Waals surface area contributed by atoms with E-state index < -0.39 is 0 Å². The second-order valence-corrected chi connectivity index (χ2v) is 5.57. The molecule has 25 heavy (non-hydrogen) atoms. The zero-order chi connectivity index (χ0) is 17.6. The number of hydrogen-bond donors (Lipinski definition) is 1. The first-order valence-corrected chi connectivity index (χ1v) is 7.72. The Morgan fingerprint density at radius 3 is 2.80 bits per heavy atom. The van der Waals surface area contributed by atoms with Crippen LogP contribution in [0.15, 0.2) is 54.7 Å². The number of aryl methyl sites for hydroxylation is 1. The minimum absolute atomic E-state index is 0.00875. The van der Waals surface area contributed by atoms with Crippen molar-refractivity contribution in [3.05, 3.63) is 71.8 Å². The fraction of sp³-hybridized carbons (Fsp3) is 0.167. The van der Waals surface area contributed by atoms with E-state index in [2.05, 4.69) is 15.6 Å². The summed E-state index contributed by atoms with van der Waals surface area (Å²) in [5.41, 5.74) is 2.25. The summed E-state index contributed by atoms with van der Waals surface area (Å²) in [6.45, 7) is 2.26. The number of rotatable bonds is 6. The molecule has 6 nitrogen and oxygen atoms in total. The Balaban J connectivity index is 1.52. The van der Waals surface area contributed by atoms with Crippen molar-refractivity contribution in [2.45, 2.75) is 20.1 Å². The minimum Gasteiger partial charge on any atom is -0.487 e. The lowest BCUT2D eigenvalue weighted by molar-refractivity contribution is -0.116. The molecule has 2 aromatic carbocycles. The molecule has 0 fully saturated rings. The molecule has 0 aliphatic rings. The molecule has 0 radical (unpaired) electrons. The molecular formula is C18H17FN4O2. The van der Waals surface area contributed by atoms with Gasteiger partial charge in [0.05, 0.1) is 6.20 Å². The van der Waals surface area contributed by atoms with E-state index in [0.29, 0.717) is 11.4 Å². The summed E-state index contributed by atoms with van der Waals surface area (Å²) in [6, 6.07) is 13.3. The van der Waals surface area contributed by atoms with Gasteiger partial charge in [0, 0.05) is 5.69 Å². The summed E-state index contributed by atoms with van der Waals surface area (Å²) < 4.78 is 19.9. The number of halogens is 1. The monoisotopic (exact) mass is 340 g/mol. The Morgan fingerprint density at radius 2 is 2.04 bits per heavy atom. The summed E-state index contributed by atoms with van der Waals surface area (Å²) in [5.74, 6) is 0.124. The van der Waals surface area contributed by atoms with Crippen LogP contribution in [0.5, 0.6) is 5.75 Å². The van der Waals surface area contributed by atoms with Crippen LogP contribution in [-0.4, -0.2) is 20.9 Å². The third kappa shape index (κ3) is 4.87. The van der Waals surface area contributed by atoms with Gasteiger partial charge in [-0.25, -0.2) is 9.07 Å². The Hall–Kier alpha value is -3.22. The van der Waals surface area contributed by atoms with Crippen LogP contribution >= 0.6 is 0 Å². The molecule has 1 N–H and O–H groups in total. The molecule has 0 bridgehead atoms. The number of aromatic nitrogens is 3. The lowest BCUT2D eigenvalue weighted by atomic mass is 10.2. The first-order valence-electron chi connectivity index (χ1n) is 7.72. The number of benzene rings is 2. The van der Waals surface area contributed by atoms with Crippen LogP contribution in [0.4, 0.5) is 10.1 Å². The van der Waals surface area contributed by atoms with E-state index in [9.17, 15) is 9.18 Å². The van der Waals surface area contributed by atoms with Gasteiger partial charge < -0.3 is 10.1 Å². The molecule has 128 valence electrons. The van der Waals surface area contributed by atoms with E-state index in [1.54, 1.807) is 6.20 Å².